The van der Waals surface area contributed by atoms with Gasteiger partial charge in [-0.2, -0.15) is 0 Å². The first-order chi connectivity index (χ1) is 12.1. The highest BCUT2D eigenvalue weighted by Crippen LogP contribution is 2.28. The lowest BCUT2D eigenvalue weighted by atomic mass is 9.89. The molecule has 25 heavy (non-hydrogen) atoms. The van der Waals surface area contributed by atoms with Crippen LogP contribution in [0.1, 0.15) is 31.2 Å². The highest BCUT2D eigenvalue weighted by Gasteiger charge is 2.30. The van der Waals surface area contributed by atoms with Crippen molar-refractivity contribution < 1.29 is 19.1 Å². The zero-order valence-electron chi connectivity index (χ0n) is 14.5. The predicted octanol–water partition coefficient (Wildman–Crippen LogP) is 1.99. The number of ether oxygens (including phenoxy) is 1. The van der Waals surface area contributed by atoms with Gasteiger partial charge in [-0.25, -0.2) is 0 Å². The number of carbonyl (C=O) groups is 3. The summed E-state index contributed by atoms with van der Waals surface area (Å²) in [5.74, 6) is -0.392. The van der Waals surface area contributed by atoms with Crippen LogP contribution in [0.5, 0.6) is 0 Å². The molecular weight excluding hydrogens is 320 g/mol. The molecular formula is C19H24N2O4. The van der Waals surface area contributed by atoms with E-state index in [-0.39, 0.29) is 29.6 Å². The van der Waals surface area contributed by atoms with Gasteiger partial charge in [-0.3, -0.25) is 14.4 Å². The Bertz CT molecular complexity index is 665. The third kappa shape index (κ3) is 4.00. The highest BCUT2D eigenvalue weighted by atomic mass is 16.5. The summed E-state index contributed by atoms with van der Waals surface area (Å²) in [6.45, 7) is 1.16. The molecule has 0 aromatic heterocycles. The summed E-state index contributed by atoms with van der Waals surface area (Å²) in [5.41, 5.74) is 2.00. The Balaban J connectivity index is 1.48. The fraction of sp³-hybridized carbons (Fsp3) is 0.526. The largest absolute Gasteiger partial charge is 0.469 e. The summed E-state index contributed by atoms with van der Waals surface area (Å²) in [6.07, 6.45) is 2.89. The lowest BCUT2D eigenvalue weighted by Gasteiger charge is -2.31. The molecule has 1 aromatic carbocycles. The van der Waals surface area contributed by atoms with Crippen LogP contribution in [0.2, 0.25) is 0 Å². The molecule has 1 fully saturated rings. The van der Waals surface area contributed by atoms with Crippen molar-refractivity contribution in [3.05, 3.63) is 29.8 Å². The molecule has 6 heteroatoms. The van der Waals surface area contributed by atoms with Gasteiger partial charge in [0, 0.05) is 31.1 Å². The molecule has 1 atom stereocenters. The van der Waals surface area contributed by atoms with Crippen LogP contribution in [0.3, 0.4) is 0 Å². The minimum atomic E-state index is -0.190. The van der Waals surface area contributed by atoms with Gasteiger partial charge < -0.3 is 15.0 Å². The number of amides is 2. The van der Waals surface area contributed by atoms with Crippen molar-refractivity contribution in [1.29, 1.82) is 0 Å². The topological polar surface area (TPSA) is 75.7 Å². The number of rotatable bonds is 4. The molecule has 0 spiro atoms. The maximum absolute atomic E-state index is 12.4. The van der Waals surface area contributed by atoms with E-state index in [0.29, 0.717) is 45.2 Å². The smallest absolute Gasteiger partial charge is 0.308 e. The molecule has 134 valence electrons. The van der Waals surface area contributed by atoms with Crippen LogP contribution in [-0.2, 0) is 25.5 Å². The molecule has 2 aliphatic heterocycles. The van der Waals surface area contributed by atoms with Gasteiger partial charge >= 0.3 is 5.97 Å². The van der Waals surface area contributed by atoms with Crippen LogP contribution in [0.4, 0.5) is 5.69 Å². The average Bonchev–Trinajstić information content (AvgIpc) is 2.65. The van der Waals surface area contributed by atoms with Gasteiger partial charge in [0.15, 0.2) is 0 Å². The van der Waals surface area contributed by atoms with Crippen LogP contribution >= 0.6 is 0 Å². The first-order valence-electron chi connectivity index (χ1n) is 8.83. The van der Waals surface area contributed by atoms with E-state index in [1.165, 1.54) is 7.11 Å². The number of hydrogen-bond donors (Lipinski definition) is 1. The Morgan fingerprint density at radius 3 is 2.68 bits per heavy atom. The van der Waals surface area contributed by atoms with Gasteiger partial charge in [-0.1, -0.05) is 18.2 Å². The molecule has 1 unspecified atom stereocenters. The number of hydrogen-bond acceptors (Lipinski definition) is 4. The van der Waals surface area contributed by atoms with E-state index in [2.05, 4.69) is 5.32 Å². The molecule has 0 saturated carbocycles. The van der Waals surface area contributed by atoms with E-state index in [1.54, 1.807) is 4.90 Å². The third-order valence-electron chi connectivity index (χ3n) is 5.20. The Morgan fingerprint density at radius 2 is 1.96 bits per heavy atom. The van der Waals surface area contributed by atoms with Crippen molar-refractivity contribution in [2.24, 2.45) is 11.8 Å². The van der Waals surface area contributed by atoms with Crippen molar-refractivity contribution in [1.82, 2.24) is 4.90 Å². The van der Waals surface area contributed by atoms with Crippen LogP contribution in [0.15, 0.2) is 24.3 Å². The molecule has 1 aromatic rings. The average molecular weight is 344 g/mol. The van der Waals surface area contributed by atoms with Gasteiger partial charge in [-0.05, 0) is 37.3 Å². The molecule has 6 nitrogen and oxygen atoms in total. The van der Waals surface area contributed by atoms with Crippen molar-refractivity contribution in [2.45, 2.75) is 32.1 Å². The van der Waals surface area contributed by atoms with E-state index in [4.69, 9.17) is 4.74 Å². The van der Waals surface area contributed by atoms with Crippen LogP contribution < -0.4 is 5.32 Å². The SMILES string of the molecule is COC(=O)C1CCN(C(=O)CCC2Cc3ccccc3NC2=O)CC1. The van der Waals surface area contributed by atoms with E-state index in [9.17, 15) is 14.4 Å². The summed E-state index contributed by atoms with van der Waals surface area (Å²) in [6, 6.07) is 7.78. The molecule has 1 saturated heterocycles. The highest BCUT2D eigenvalue weighted by molar-refractivity contribution is 5.96. The second-order valence-electron chi connectivity index (χ2n) is 6.76. The van der Waals surface area contributed by atoms with Gasteiger partial charge in [0.2, 0.25) is 11.8 Å². The van der Waals surface area contributed by atoms with Crippen LogP contribution in [0.25, 0.3) is 0 Å². The molecule has 1 N–H and O–H groups in total. The number of nitrogens with zero attached hydrogens (tertiary/aromatic N) is 1. The lowest BCUT2D eigenvalue weighted by Crippen LogP contribution is -2.41. The molecule has 2 aliphatic rings. The summed E-state index contributed by atoms with van der Waals surface area (Å²) in [4.78, 5) is 38.0. The lowest BCUT2D eigenvalue weighted by molar-refractivity contribution is -0.149. The van der Waals surface area contributed by atoms with Gasteiger partial charge in [0.05, 0.1) is 13.0 Å². The predicted molar refractivity (Wildman–Crippen MR) is 92.8 cm³/mol. The normalized spacial score (nSPS) is 20.6. The number of para-hydroxylation sites is 1. The number of benzene rings is 1. The molecule has 0 bridgehead atoms. The Morgan fingerprint density at radius 1 is 1.24 bits per heavy atom. The van der Waals surface area contributed by atoms with E-state index >= 15 is 0 Å². The number of carbonyl (C=O) groups excluding carboxylic acids is 3. The zero-order chi connectivity index (χ0) is 17.8. The van der Waals surface area contributed by atoms with Gasteiger partial charge in [0.25, 0.3) is 0 Å². The van der Waals surface area contributed by atoms with Crippen molar-refractivity contribution in [3.63, 3.8) is 0 Å². The second-order valence-corrected chi connectivity index (χ2v) is 6.76. The number of esters is 1. The summed E-state index contributed by atoms with van der Waals surface area (Å²) < 4.78 is 4.77. The van der Waals surface area contributed by atoms with Crippen molar-refractivity contribution >= 4 is 23.5 Å². The zero-order valence-corrected chi connectivity index (χ0v) is 14.5. The second kappa shape index (κ2) is 7.68. The number of nitrogens with one attached hydrogen (secondary N) is 1. The molecule has 3 rings (SSSR count). The first kappa shape index (κ1) is 17.5. The number of piperidine rings is 1. The van der Waals surface area contributed by atoms with E-state index in [1.807, 2.05) is 24.3 Å². The summed E-state index contributed by atoms with van der Waals surface area (Å²) in [7, 11) is 1.40. The van der Waals surface area contributed by atoms with Crippen molar-refractivity contribution in [3.8, 4) is 0 Å². The maximum Gasteiger partial charge on any atom is 0.308 e. The number of likely N-dealkylation sites (tertiary alicyclic amines) is 1. The standard InChI is InChI=1S/C19H24N2O4/c1-25-19(24)13-8-10-21(11-9-13)17(22)7-6-15-12-14-4-2-3-5-16(14)20-18(15)23/h2-5,13,15H,6-12H2,1H3,(H,20,23). The van der Waals surface area contributed by atoms with E-state index < -0.39 is 0 Å². The third-order valence-corrected chi connectivity index (χ3v) is 5.20. The fourth-order valence-corrected chi connectivity index (χ4v) is 3.63. The number of methoxy groups -OCH3 is 1. The molecule has 2 amide bonds. The minimum Gasteiger partial charge on any atom is -0.469 e. The Labute approximate surface area is 147 Å². The quantitative estimate of drug-likeness (QED) is 0.848. The summed E-state index contributed by atoms with van der Waals surface area (Å²) >= 11 is 0. The molecule has 0 aliphatic carbocycles. The number of fused-ring (bicyclic) bond motifs is 1. The minimum absolute atomic E-state index is 0.00380. The Hall–Kier alpha value is -2.37. The fourth-order valence-electron chi connectivity index (χ4n) is 3.63. The summed E-state index contributed by atoms with van der Waals surface area (Å²) in [5, 5.41) is 2.92. The number of anilines is 1. The Kier molecular flexibility index (Phi) is 5.36. The van der Waals surface area contributed by atoms with Crippen LogP contribution in [-0.4, -0.2) is 42.9 Å². The van der Waals surface area contributed by atoms with Crippen molar-refractivity contribution in [2.75, 3.05) is 25.5 Å². The maximum atomic E-state index is 12.4. The first-order valence-corrected chi connectivity index (χ1v) is 8.83. The van der Waals surface area contributed by atoms with Gasteiger partial charge in [0.1, 0.15) is 0 Å². The van der Waals surface area contributed by atoms with Crippen LogP contribution in [0, 0.1) is 11.8 Å². The molecule has 0 radical (unpaired) electrons. The van der Waals surface area contributed by atoms with Gasteiger partial charge in [-0.15, -0.1) is 0 Å². The molecule has 2 heterocycles. The van der Waals surface area contributed by atoms with E-state index in [0.717, 1.165) is 11.3 Å². The monoisotopic (exact) mass is 344 g/mol.